The van der Waals surface area contributed by atoms with Gasteiger partial charge in [-0.3, -0.25) is 0 Å². The summed E-state index contributed by atoms with van der Waals surface area (Å²) >= 11 is 1.58. The number of nitrogens with zero attached hydrogens (tertiary/aromatic N) is 1. The van der Waals surface area contributed by atoms with Gasteiger partial charge in [0.2, 0.25) is 0 Å². The first-order valence-corrected chi connectivity index (χ1v) is 4.77. The second-order valence-corrected chi connectivity index (χ2v) is 3.55. The summed E-state index contributed by atoms with van der Waals surface area (Å²) in [5, 5.41) is 17.1. The number of carboxylic acid groups (broad SMARTS) is 2. The summed E-state index contributed by atoms with van der Waals surface area (Å²) < 4.78 is 0. The molecule has 72 valence electrons. The molecule has 0 aromatic carbocycles. The number of aliphatic carboxylic acids is 2. The maximum atomic E-state index is 10.6. The van der Waals surface area contributed by atoms with E-state index >= 15 is 0 Å². The van der Waals surface area contributed by atoms with E-state index in [1.807, 2.05) is 0 Å². The molecule has 1 aliphatic heterocycles. The van der Waals surface area contributed by atoms with E-state index in [1.165, 1.54) is 0 Å². The predicted octanol–water partition coefficient (Wildman–Crippen LogP) is 0.0458. The van der Waals surface area contributed by atoms with Crippen LogP contribution in [-0.2, 0) is 9.59 Å². The molecule has 0 bridgehead atoms. The van der Waals surface area contributed by atoms with Crippen LogP contribution >= 0.6 is 11.8 Å². The van der Waals surface area contributed by atoms with Gasteiger partial charge in [0.25, 0.3) is 0 Å². The molecule has 1 heterocycles. The van der Waals surface area contributed by atoms with Gasteiger partial charge in [-0.05, 0) is 0 Å². The van der Waals surface area contributed by atoms with Gasteiger partial charge >= 0.3 is 11.9 Å². The van der Waals surface area contributed by atoms with Gasteiger partial charge in [-0.15, -0.1) is 11.8 Å². The third-order valence-corrected chi connectivity index (χ3v) is 2.54. The Balaban J connectivity index is 2.78. The number of thioether (sulfide) groups is 1. The van der Waals surface area contributed by atoms with E-state index in [4.69, 9.17) is 10.2 Å². The topological polar surface area (TPSA) is 77.8 Å². The van der Waals surface area contributed by atoms with Crippen molar-refractivity contribution < 1.29 is 19.8 Å². The van der Waals surface area contributed by atoms with Gasteiger partial charge in [-0.25, -0.2) is 9.59 Å². The van der Waals surface area contributed by atoms with Crippen LogP contribution in [0.1, 0.15) is 0 Å². The van der Waals surface area contributed by atoms with E-state index in [2.05, 4.69) is 0 Å². The largest absolute Gasteiger partial charge is 0.478 e. The number of hydrogen-bond donors (Lipinski definition) is 2. The lowest BCUT2D eigenvalue weighted by Gasteiger charge is -2.15. The van der Waals surface area contributed by atoms with Gasteiger partial charge in [0.1, 0.15) is 5.70 Å². The fraction of sp³-hybridized carbons (Fsp3) is 0.429. The molecule has 0 saturated carbocycles. The Labute approximate surface area is 79.0 Å². The van der Waals surface area contributed by atoms with Crippen LogP contribution in [0.4, 0.5) is 0 Å². The molecule has 6 heteroatoms. The number of rotatable bonds is 3. The molecular weight excluding hydrogens is 194 g/mol. The Morgan fingerprint density at radius 3 is 2.46 bits per heavy atom. The quantitative estimate of drug-likeness (QED) is 0.631. The standard InChI is InChI=1S/C7H9NO4S/c9-6(10)3-5(7(11)12)8-1-2-13-4-8/h3H,1-2,4H2,(H,9,10)(H,11,12)/b5-3+. The van der Waals surface area contributed by atoms with Crippen LogP contribution in [0.3, 0.4) is 0 Å². The third-order valence-electron chi connectivity index (χ3n) is 1.57. The predicted molar refractivity (Wildman–Crippen MR) is 47.4 cm³/mol. The summed E-state index contributed by atoms with van der Waals surface area (Å²) in [7, 11) is 0. The van der Waals surface area contributed by atoms with Crippen LogP contribution in [0.25, 0.3) is 0 Å². The van der Waals surface area contributed by atoms with Crippen molar-refractivity contribution in [2.45, 2.75) is 0 Å². The summed E-state index contributed by atoms with van der Waals surface area (Å²) in [6.45, 7) is 0.593. The van der Waals surface area contributed by atoms with Crippen molar-refractivity contribution in [2.24, 2.45) is 0 Å². The first-order valence-electron chi connectivity index (χ1n) is 3.62. The van der Waals surface area contributed by atoms with Gasteiger partial charge in [0.05, 0.1) is 12.0 Å². The molecular formula is C7H9NO4S. The molecule has 0 spiro atoms. The Morgan fingerprint density at radius 2 is 2.08 bits per heavy atom. The Kier molecular flexibility index (Phi) is 3.18. The molecule has 13 heavy (non-hydrogen) atoms. The zero-order chi connectivity index (χ0) is 9.84. The summed E-state index contributed by atoms with van der Waals surface area (Å²) in [6, 6.07) is 0. The lowest BCUT2D eigenvalue weighted by molar-refractivity contribution is -0.136. The zero-order valence-electron chi connectivity index (χ0n) is 6.77. The molecule has 1 aliphatic rings. The summed E-state index contributed by atoms with van der Waals surface area (Å²) in [4.78, 5) is 22.5. The third kappa shape index (κ3) is 2.66. The Hall–Kier alpha value is -1.17. The average molecular weight is 203 g/mol. The van der Waals surface area contributed by atoms with Crippen molar-refractivity contribution in [2.75, 3.05) is 18.2 Å². The van der Waals surface area contributed by atoms with Crippen LogP contribution < -0.4 is 0 Å². The lowest BCUT2D eigenvalue weighted by Crippen LogP contribution is -2.25. The van der Waals surface area contributed by atoms with E-state index in [-0.39, 0.29) is 5.70 Å². The molecule has 2 N–H and O–H groups in total. The molecule has 0 aromatic heterocycles. The van der Waals surface area contributed by atoms with Crippen LogP contribution in [0, 0.1) is 0 Å². The molecule has 0 atom stereocenters. The molecule has 5 nitrogen and oxygen atoms in total. The van der Waals surface area contributed by atoms with Crippen molar-refractivity contribution >= 4 is 23.7 Å². The van der Waals surface area contributed by atoms with Crippen molar-refractivity contribution in [3.8, 4) is 0 Å². The molecule has 0 unspecified atom stereocenters. The molecule has 1 saturated heterocycles. The van der Waals surface area contributed by atoms with E-state index in [9.17, 15) is 9.59 Å². The zero-order valence-corrected chi connectivity index (χ0v) is 7.58. The smallest absolute Gasteiger partial charge is 0.352 e. The summed E-state index contributed by atoms with van der Waals surface area (Å²) in [5.41, 5.74) is -0.141. The first kappa shape index (κ1) is 9.91. The molecule has 1 rings (SSSR count). The highest BCUT2D eigenvalue weighted by atomic mass is 32.2. The van der Waals surface area contributed by atoms with E-state index in [0.29, 0.717) is 12.4 Å². The van der Waals surface area contributed by atoms with Gasteiger partial charge < -0.3 is 15.1 Å². The maximum absolute atomic E-state index is 10.6. The molecule has 0 aromatic rings. The monoisotopic (exact) mass is 203 g/mol. The van der Waals surface area contributed by atoms with Gasteiger partial charge in [0, 0.05) is 12.3 Å². The highest BCUT2D eigenvalue weighted by molar-refractivity contribution is 7.99. The van der Waals surface area contributed by atoms with Crippen molar-refractivity contribution in [1.82, 2.24) is 4.90 Å². The lowest BCUT2D eigenvalue weighted by atomic mass is 10.3. The Bertz CT molecular complexity index is 257. The minimum absolute atomic E-state index is 0.141. The van der Waals surface area contributed by atoms with Crippen molar-refractivity contribution in [1.29, 1.82) is 0 Å². The highest BCUT2D eigenvalue weighted by Crippen LogP contribution is 2.18. The first-order chi connectivity index (χ1) is 6.11. The van der Waals surface area contributed by atoms with Gasteiger partial charge in [0.15, 0.2) is 0 Å². The summed E-state index contributed by atoms with van der Waals surface area (Å²) in [5.74, 6) is -1.03. The minimum Gasteiger partial charge on any atom is -0.478 e. The molecule has 0 radical (unpaired) electrons. The minimum atomic E-state index is -1.23. The van der Waals surface area contributed by atoms with Crippen molar-refractivity contribution in [3.05, 3.63) is 11.8 Å². The second kappa shape index (κ2) is 4.18. The number of carbonyl (C=O) groups is 2. The Morgan fingerprint density at radius 1 is 1.38 bits per heavy atom. The van der Waals surface area contributed by atoms with Gasteiger partial charge in [-0.2, -0.15) is 0 Å². The van der Waals surface area contributed by atoms with Crippen LogP contribution in [0.2, 0.25) is 0 Å². The number of hydrogen-bond acceptors (Lipinski definition) is 4. The van der Waals surface area contributed by atoms with E-state index in [0.717, 1.165) is 11.8 Å². The average Bonchev–Trinajstić information content (AvgIpc) is 2.50. The molecule has 0 amide bonds. The van der Waals surface area contributed by atoms with Crippen molar-refractivity contribution in [3.63, 3.8) is 0 Å². The van der Waals surface area contributed by atoms with E-state index in [1.54, 1.807) is 16.7 Å². The van der Waals surface area contributed by atoms with Gasteiger partial charge in [-0.1, -0.05) is 0 Å². The van der Waals surface area contributed by atoms with Crippen LogP contribution in [0.5, 0.6) is 0 Å². The van der Waals surface area contributed by atoms with Crippen LogP contribution in [0.15, 0.2) is 11.8 Å². The fourth-order valence-corrected chi connectivity index (χ4v) is 1.98. The SMILES string of the molecule is O=C(O)/C=C(\C(=O)O)N1CCSC1. The second-order valence-electron chi connectivity index (χ2n) is 2.47. The highest BCUT2D eigenvalue weighted by Gasteiger charge is 2.21. The fourth-order valence-electron chi connectivity index (χ4n) is 1.01. The maximum Gasteiger partial charge on any atom is 0.352 e. The summed E-state index contributed by atoms with van der Waals surface area (Å²) in [6.07, 6.45) is 0.730. The van der Waals surface area contributed by atoms with E-state index < -0.39 is 11.9 Å². The van der Waals surface area contributed by atoms with Crippen LogP contribution in [-0.4, -0.2) is 45.2 Å². The number of carboxylic acids is 2. The molecule has 0 aliphatic carbocycles. The normalized spacial score (nSPS) is 17.5. The molecule has 1 fully saturated rings.